The number of ether oxygens (including phenoxy) is 3. The van der Waals surface area contributed by atoms with Crippen molar-refractivity contribution in [3.63, 3.8) is 0 Å². The van der Waals surface area contributed by atoms with Gasteiger partial charge >= 0.3 is 0 Å². The molecular formula is C23H34IN3O3. The lowest BCUT2D eigenvalue weighted by molar-refractivity contribution is 0.106. The van der Waals surface area contributed by atoms with Gasteiger partial charge in [-0.2, -0.15) is 0 Å². The number of aryl methyl sites for hydroxylation is 1. The van der Waals surface area contributed by atoms with Gasteiger partial charge in [-0.1, -0.05) is 42.5 Å². The van der Waals surface area contributed by atoms with Gasteiger partial charge < -0.3 is 24.8 Å². The molecule has 0 bridgehead atoms. The van der Waals surface area contributed by atoms with E-state index >= 15 is 0 Å². The Hall–Kier alpha value is -1.84. The van der Waals surface area contributed by atoms with E-state index < -0.39 is 0 Å². The summed E-state index contributed by atoms with van der Waals surface area (Å²) in [7, 11) is 5.18. The summed E-state index contributed by atoms with van der Waals surface area (Å²) in [5.41, 5.74) is 3.38. The molecule has 2 N–H and O–H groups in total. The molecule has 1 unspecified atom stereocenters. The van der Waals surface area contributed by atoms with Crippen molar-refractivity contribution >= 4 is 29.9 Å². The molecule has 2 aromatic carbocycles. The van der Waals surface area contributed by atoms with Crippen LogP contribution in [0.2, 0.25) is 0 Å². The van der Waals surface area contributed by atoms with Crippen molar-refractivity contribution in [1.29, 1.82) is 0 Å². The van der Waals surface area contributed by atoms with Gasteiger partial charge in [0.25, 0.3) is 0 Å². The molecule has 0 aliphatic carbocycles. The van der Waals surface area contributed by atoms with Crippen molar-refractivity contribution in [2.45, 2.75) is 26.0 Å². The summed E-state index contributed by atoms with van der Waals surface area (Å²) in [6.07, 6.45) is 0.812. The highest BCUT2D eigenvalue weighted by Crippen LogP contribution is 2.20. The number of aliphatic imine (C=N–C) groups is 1. The number of methoxy groups -OCH3 is 2. The smallest absolute Gasteiger partial charge is 0.191 e. The van der Waals surface area contributed by atoms with Gasteiger partial charge in [0, 0.05) is 52.9 Å². The van der Waals surface area contributed by atoms with Crippen LogP contribution < -0.4 is 15.4 Å². The van der Waals surface area contributed by atoms with Crippen LogP contribution >= 0.6 is 24.0 Å². The first-order valence-corrected chi connectivity index (χ1v) is 9.91. The molecule has 7 heteroatoms. The van der Waals surface area contributed by atoms with Crippen LogP contribution in [0, 0.1) is 6.92 Å². The summed E-state index contributed by atoms with van der Waals surface area (Å²) in [6.45, 7) is 4.62. The first-order valence-electron chi connectivity index (χ1n) is 9.91. The van der Waals surface area contributed by atoms with Crippen LogP contribution in [0.4, 0.5) is 0 Å². The number of halogens is 1. The molecule has 2 aromatic rings. The number of hydrogen-bond donors (Lipinski definition) is 2. The maximum atomic E-state index is 5.96. The highest BCUT2D eigenvalue weighted by Gasteiger charge is 2.11. The second kappa shape index (κ2) is 15.0. The molecule has 2 rings (SSSR count). The fourth-order valence-corrected chi connectivity index (χ4v) is 2.92. The van der Waals surface area contributed by atoms with Crippen LogP contribution in [0.15, 0.2) is 53.5 Å². The average molecular weight is 527 g/mol. The first-order chi connectivity index (χ1) is 14.2. The van der Waals surface area contributed by atoms with E-state index in [2.05, 4.69) is 52.9 Å². The molecule has 0 saturated carbocycles. The number of benzene rings is 2. The predicted molar refractivity (Wildman–Crippen MR) is 133 cm³/mol. The Morgan fingerprint density at radius 1 is 1.03 bits per heavy atom. The molecule has 0 radical (unpaired) electrons. The van der Waals surface area contributed by atoms with Gasteiger partial charge in [0.15, 0.2) is 5.96 Å². The molecule has 0 spiro atoms. The van der Waals surface area contributed by atoms with Crippen molar-refractivity contribution in [2.75, 3.05) is 41.0 Å². The predicted octanol–water partition coefficient (Wildman–Crippen LogP) is 4.08. The third-order valence-electron chi connectivity index (χ3n) is 4.55. The maximum Gasteiger partial charge on any atom is 0.191 e. The van der Waals surface area contributed by atoms with E-state index in [1.807, 2.05) is 18.2 Å². The minimum atomic E-state index is -0.0474. The summed E-state index contributed by atoms with van der Waals surface area (Å²) < 4.78 is 16.7. The van der Waals surface area contributed by atoms with E-state index in [-0.39, 0.29) is 30.1 Å². The average Bonchev–Trinajstić information content (AvgIpc) is 2.75. The minimum absolute atomic E-state index is 0. The van der Waals surface area contributed by atoms with E-state index in [1.54, 1.807) is 21.3 Å². The molecule has 166 valence electrons. The quantitative estimate of drug-likeness (QED) is 0.200. The van der Waals surface area contributed by atoms with E-state index in [0.29, 0.717) is 32.3 Å². The number of nitrogens with zero attached hydrogens (tertiary/aromatic N) is 1. The number of hydrogen-bond acceptors (Lipinski definition) is 4. The van der Waals surface area contributed by atoms with E-state index in [4.69, 9.17) is 14.2 Å². The molecule has 0 aliphatic rings. The SMILES string of the molecule is CN=C(NCc1ccc(C)cc1OCCCOC)NCC(OC)c1ccccc1.I. The molecule has 0 heterocycles. The third-order valence-corrected chi connectivity index (χ3v) is 4.55. The van der Waals surface area contributed by atoms with Gasteiger partial charge in [0.05, 0.1) is 12.7 Å². The lowest BCUT2D eigenvalue weighted by Crippen LogP contribution is -2.39. The monoisotopic (exact) mass is 527 g/mol. The molecule has 1 atom stereocenters. The minimum Gasteiger partial charge on any atom is -0.493 e. The van der Waals surface area contributed by atoms with Gasteiger partial charge in [-0.25, -0.2) is 0 Å². The van der Waals surface area contributed by atoms with Crippen molar-refractivity contribution in [1.82, 2.24) is 10.6 Å². The van der Waals surface area contributed by atoms with Crippen molar-refractivity contribution < 1.29 is 14.2 Å². The second-order valence-electron chi connectivity index (χ2n) is 6.75. The van der Waals surface area contributed by atoms with Gasteiger partial charge in [-0.15, -0.1) is 24.0 Å². The maximum absolute atomic E-state index is 5.96. The van der Waals surface area contributed by atoms with Crippen molar-refractivity contribution in [2.24, 2.45) is 4.99 Å². The fraction of sp³-hybridized carbons (Fsp3) is 0.435. The van der Waals surface area contributed by atoms with Crippen LogP contribution in [-0.4, -0.2) is 47.0 Å². The highest BCUT2D eigenvalue weighted by molar-refractivity contribution is 14.0. The molecule has 0 aromatic heterocycles. The summed E-state index contributed by atoms with van der Waals surface area (Å²) >= 11 is 0. The van der Waals surface area contributed by atoms with Crippen LogP contribution in [-0.2, 0) is 16.0 Å². The van der Waals surface area contributed by atoms with Gasteiger partial charge in [-0.3, -0.25) is 4.99 Å². The standard InChI is InChI=1S/C23H33N3O3.HI/c1-18-11-12-20(21(15-18)29-14-8-13-27-3)16-25-23(24-2)26-17-22(28-4)19-9-6-5-7-10-19;/h5-7,9-12,15,22H,8,13-14,16-17H2,1-4H3,(H2,24,25,26);1H. The van der Waals surface area contributed by atoms with E-state index in [0.717, 1.165) is 23.3 Å². The Balaban J connectivity index is 0.00000450. The molecule has 0 amide bonds. The Kier molecular flexibility index (Phi) is 13.1. The molecule has 30 heavy (non-hydrogen) atoms. The lowest BCUT2D eigenvalue weighted by Gasteiger charge is -2.19. The zero-order valence-electron chi connectivity index (χ0n) is 18.3. The summed E-state index contributed by atoms with van der Waals surface area (Å²) in [6, 6.07) is 16.4. The Morgan fingerprint density at radius 3 is 2.47 bits per heavy atom. The fourth-order valence-electron chi connectivity index (χ4n) is 2.92. The largest absolute Gasteiger partial charge is 0.493 e. The Morgan fingerprint density at radius 2 is 1.80 bits per heavy atom. The summed E-state index contributed by atoms with van der Waals surface area (Å²) in [4.78, 5) is 4.32. The van der Waals surface area contributed by atoms with Gasteiger partial charge in [-0.05, 0) is 24.1 Å². The summed E-state index contributed by atoms with van der Waals surface area (Å²) in [5.74, 6) is 1.61. The van der Waals surface area contributed by atoms with Gasteiger partial charge in [0.2, 0.25) is 0 Å². The zero-order valence-corrected chi connectivity index (χ0v) is 20.6. The van der Waals surface area contributed by atoms with Crippen LogP contribution in [0.3, 0.4) is 0 Å². The first kappa shape index (κ1) is 26.2. The molecular weight excluding hydrogens is 493 g/mol. The molecule has 6 nitrogen and oxygen atoms in total. The topological polar surface area (TPSA) is 64.1 Å². The van der Waals surface area contributed by atoms with Crippen LogP contribution in [0.1, 0.15) is 29.2 Å². The molecule has 0 fully saturated rings. The number of nitrogens with one attached hydrogen (secondary N) is 2. The summed E-state index contributed by atoms with van der Waals surface area (Å²) in [5, 5.41) is 6.69. The Bertz CT molecular complexity index is 757. The third kappa shape index (κ3) is 8.89. The zero-order chi connectivity index (χ0) is 20.9. The molecule has 0 saturated heterocycles. The van der Waals surface area contributed by atoms with E-state index in [1.165, 1.54) is 5.56 Å². The molecule has 0 aliphatic heterocycles. The van der Waals surface area contributed by atoms with Crippen molar-refractivity contribution in [3.05, 3.63) is 65.2 Å². The number of rotatable bonds is 11. The second-order valence-corrected chi connectivity index (χ2v) is 6.75. The Labute approximate surface area is 197 Å². The lowest BCUT2D eigenvalue weighted by atomic mass is 10.1. The van der Waals surface area contributed by atoms with E-state index in [9.17, 15) is 0 Å². The van der Waals surface area contributed by atoms with Crippen LogP contribution in [0.25, 0.3) is 0 Å². The van der Waals surface area contributed by atoms with Gasteiger partial charge in [0.1, 0.15) is 5.75 Å². The van der Waals surface area contributed by atoms with Crippen LogP contribution in [0.5, 0.6) is 5.75 Å². The normalized spacial score (nSPS) is 12.1. The van der Waals surface area contributed by atoms with Crippen molar-refractivity contribution in [3.8, 4) is 5.75 Å². The highest BCUT2D eigenvalue weighted by atomic mass is 127. The number of guanidine groups is 1.